The summed E-state index contributed by atoms with van der Waals surface area (Å²) in [6, 6.07) is 11.5. The molecular weight excluding hydrogens is 370 g/mol. The van der Waals surface area contributed by atoms with Gasteiger partial charge < -0.3 is 23.7 Å². The van der Waals surface area contributed by atoms with Crippen LogP contribution in [0.15, 0.2) is 36.4 Å². The number of hydrogen-bond acceptors (Lipinski definition) is 5. The molecule has 1 aromatic heterocycles. The number of carbonyl (C=O) groups is 1. The third kappa shape index (κ3) is 3.85. The van der Waals surface area contributed by atoms with E-state index in [-0.39, 0.29) is 12.5 Å². The number of ether oxygens (including phenoxy) is 3. The maximum atomic E-state index is 12.9. The normalized spacial score (nSPS) is 10.8. The molecule has 29 heavy (non-hydrogen) atoms. The van der Waals surface area contributed by atoms with Crippen molar-refractivity contribution in [2.75, 3.05) is 34.4 Å². The van der Waals surface area contributed by atoms with Crippen molar-refractivity contribution in [1.82, 2.24) is 14.5 Å². The third-order valence-electron chi connectivity index (χ3n) is 4.99. The average Bonchev–Trinajstić information content (AvgIpc) is 3.11. The number of amides is 1. The molecule has 154 valence electrons. The number of carbonyl (C=O) groups excluding carboxylic acids is 1. The number of nitrogens with zero attached hydrogens (tertiary/aromatic N) is 3. The van der Waals surface area contributed by atoms with Gasteiger partial charge in [-0.3, -0.25) is 4.79 Å². The van der Waals surface area contributed by atoms with Gasteiger partial charge in [-0.2, -0.15) is 0 Å². The quantitative estimate of drug-likeness (QED) is 0.581. The van der Waals surface area contributed by atoms with Gasteiger partial charge in [0.2, 0.25) is 11.7 Å². The van der Waals surface area contributed by atoms with Crippen molar-refractivity contribution in [3.05, 3.63) is 36.4 Å². The van der Waals surface area contributed by atoms with E-state index in [0.29, 0.717) is 36.2 Å². The Morgan fingerprint density at radius 2 is 1.62 bits per heavy atom. The number of fused-ring (bicyclic) bond motifs is 1. The lowest BCUT2D eigenvalue weighted by atomic mass is 10.1. The highest BCUT2D eigenvalue weighted by Crippen LogP contribution is 2.41. The molecule has 2 aromatic carbocycles. The lowest BCUT2D eigenvalue weighted by Crippen LogP contribution is -2.33. The summed E-state index contributed by atoms with van der Waals surface area (Å²) in [5.41, 5.74) is 2.50. The zero-order valence-electron chi connectivity index (χ0n) is 17.6. The Morgan fingerprint density at radius 3 is 2.17 bits per heavy atom. The van der Waals surface area contributed by atoms with Gasteiger partial charge in [0.25, 0.3) is 0 Å². The molecule has 1 amide bonds. The molecule has 0 bridgehead atoms. The number of likely N-dealkylation sites (N-methyl/N-ethyl adjacent to an activating group) is 1. The first-order valence-electron chi connectivity index (χ1n) is 9.61. The minimum Gasteiger partial charge on any atom is -0.493 e. The summed E-state index contributed by atoms with van der Waals surface area (Å²) in [5.74, 6) is 2.31. The van der Waals surface area contributed by atoms with Crippen molar-refractivity contribution in [2.24, 2.45) is 0 Å². The maximum absolute atomic E-state index is 12.9. The first-order chi connectivity index (χ1) is 14.1. The van der Waals surface area contributed by atoms with E-state index in [0.717, 1.165) is 16.6 Å². The summed E-state index contributed by atoms with van der Waals surface area (Å²) < 4.78 is 18.4. The van der Waals surface area contributed by atoms with E-state index in [1.807, 2.05) is 59.7 Å². The molecule has 7 nitrogen and oxygen atoms in total. The van der Waals surface area contributed by atoms with Gasteiger partial charge in [-0.05, 0) is 38.1 Å². The molecule has 3 aromatic rings. The Bertz CT molecular complexity index is 983. The van der Waals surface area contributed by atoms with Crippen LogP contribution >= 0.6 is 0 Å². The summed E-state index contributed by atoms with van der Waals surface area (Å²) in [6.45, 7) is 5.50. The van der Waals surface area contributed by atoms with E-state index in [2.05, 4.69) is 0 Å². The average molecular weight is 397 g/mol. The van der Waals surface area contributed by atoms with Crippen LogP contribution in [0.2, 0.25) is 0 Å². The summed E-state index contributed by atoms with van der Waals surface area (Å²) >= 11 is 0. The fourth-order valence-corrected chi connectivity index (χ4v) is 3.48. The molecule has 0 aliphatic heterocycles. The standard InChI is InChI=1S/C22H27N3O4/c1-6-24(7-2)20(26)14-25-17-11-9-8-10-16(17)23-22(25)15-12-18(27-3)21(29-5)19(13-15)28-4/h8-13H,6-7,14H2,1-5H3. The predicted octanol–water partition coefficient (Wildman–Crippen LogP) is 3.60. The topological polar surface area (TPSA) is 65.8 Å². The van der Waals surface area contributed by atoms with Crippen LogP contribution in [0.1, 0.15) is 13.8 Å². The van der Waals surface area contributed by atoms with Gasteiger partial charge in [-0.25, -0.2) is 4.98 Å². The van der Waals surface area contributed by atoms with Crippen molar-refractivity contribution in [1.29, 1.82) is 0 Å². The van der Waals surface area contributed by atoms with Crippen molar-refractivity contribution in [2.45, 2.75) is 20.4 Å². The van der Waals surface area contributed by atoms with Crippen LogP contribution in [0.4, 0.5) is 0 Å². The van der Waals surface area contributed by atoms with Crippen LogP contribution in [0.25, 0.3) is 22.4 Å². The van der Waals surface area contributed by atoms with Crippen LogP contribution in [-0.2, 0) is 11.3 Å². The highest BCUT2D eigenvalue weighted by atomic mass is 16.5. The number of para-hydroxylation sites is 2. The molecule has 0 radical (unpaired) electrons. The van der Waals surface area contributed by atoms with E-state index in [9.17, 15) is 4.79 Å². The van der Waals surface area contributed by atoms with Crippen molar-refractivity contribution in [3.8, 4) is 28.6 Å². The molecule has 0 saturated carbocycles. The van der Waals surface area contributed by atoms with Crippen LogP contribution in [0.3, 0.4) is 0 Å². The Balaban J connectivity index is 2.18. The van der Waals surface area contributed by atoms with E-state index in [4.69, 9.17) is 19.2 Å². The van der Waals surface area contributed by atoms with Gasteiger partial charge >= 0.3 is 0 Å². The van der Waals surface area contributed by atoms with Crippen LogP contribution in [-0.4, -0.2) is 54.8 Å². The fourth-order valence-electron chi connectivity index (χ4n) is 3.48. The molecule has 0 spiro atoms. The molecule has 0 aliphatic carbocycles. The Labute approximate surface area is 170 Å². The number of benzene rings is 2. The molecule has 0 N–H and O–H groups in total. The lowest BCUT2D eigenvalue weighted by molar-refractivity contribution is -0.131. The highest BCUT2D eigenvalue weighted by molar-refractivity contribution is 5.85. The van der Waals surface area contributed by atoms with E-state index >= 15 is 0 Å². The zero-order chi connectivity index (χ0) is 21.0. The second-order valence-corrected chi connectivity index (χ2v) is 6.49. The summed E-state index contributed by atoms with van der Waals surface area (Å²) in [6.07, 6.45) is 0. The summed E-state index contributed by atoms with van der Waals surface area (Å²) in [5, 5.41) is 0. The molecule has 0 fully saturated rings. The molecule has 7 heteroatoms. The van der Waals surface area contributed by atoms with E-state index < -0.39 is 0 Å². The third-order valence-corrected chi connectivity index (χ3v) is 4.99. The monoisotopic (exact) mass is 397 g/mol. The van der Waals surface area contributed by atoms with E-state index in [1.54, 1.807) is 21.3 Å². The smallest absolute Gasteiger partial charge is 0.242 e. The lowest BCUT2D eigenvalue weighted by Gasteiger charge is -2.20. The number of methoxy groups -OCH3 is 3. The Morgan fingerprint density at radius 1 is 1.00 bits per heavy atom. The maximum Gasteiger partial charge on any atom is 0.242 e. The van der Waals surface area contributed by atoms with E-state index in [1.165, 1.54) is 0 Å². The second-order valence-electron chi connectivity index (χ2n) is 6.49. The van der Waals surface area contributed by atoms with Gasteiger partial charge in [-0.15, -0.1) is 0 Å². The number of aromatic nitrogens is 2. The summed E-state index contributed by atoms with van der Waals surface area (Å²) in [7, 11) is 4.72. The molecule has 0 unspecified atom stereocenters. The van der Waals surface area contributed by atoms with Crippen molar-refractivity contribution in [3.63, 3.8) is 0 Å². The zero-order valence-corrected chi connectivity index (χ0v) is 17.6. The molecule has 1 heterocycles. The number of rotatable bonds is 8. The molecular formula is C22H27N3O4. The fraction of sp³-hybridized carbons (Fsp3) is 0.364. The first-order valence-corrected chi connectivity index (χ1v) is 9.61. The second kappa shape index (κ2) is 8.86. The minimum absolute atomic E-state index is 0.0480. The van der Waals surface area contributed by atoms with Crippen LogP contribution < -0.4 is 14.2 Å². The SMILES string of the molecule is CCN(CC)C(=O)Cn1c(-c2cc(OC)c(OC)c(OC)c2)nc2ccccc21. The number of imidazole rings is 1. The minimum atomic E-state index is 0.0480. The number of hydrogen-bond donors (Lipinski definition) is 0. The van der Waals surface area contributed by atoms with Crippen LogP contribution in [0, 0.1) is 0 Å². The van der Waals surface area contributed by atoms with Gasteiger partial charge in [0.05, 0.1) is 32.4 Å². The first kappa shape index (κ1) is 20.5. The van der Waals surface area contributed by atoms with Crippen molar-refractivity contribution >= 4 is 16.9 Å². The van der Waals surface area contributed by atoms with Gasteiger partial charge in [0, 0.05) is 18.7 Å². The van der Waals surface area contributed by atoms with Crippen LogP contribution in [0.5, 0.6) is 17.2 Å². The largest absolute Gasteiger partial charge is 0.493 e. The highest BCUT2D eigenvalue weighted by Gasteiger charge is 2.21. The van der Waals surface area contributed by atoms with Crippen molar-refractivity contribution < 1.29 is 19.0 Å². The molecule has 3 rings (SSSR count). The molecule has 0 saturated heterocycles. The Kier molecular flexibility index (Phi) is 6.26. The van der Waals surface area contributed by atoms with Gasteiger partial charge in [0.1, 0.15) is 12.4 Å². The molecule has 0 atom stereocenters. The predicted molar refractivity (Wildman–Crippen MR) is 113 cm³/mol. The van der Waals surface area contributed by atoms with Gasteiger partial charge in [0.15, 0.2) is 11.5 Å². The Hall–Kier alpha value is -3.22. The summed E-state index contributed by atoms with van der Waals surface area (Å²) in [4.78, 5) is 19.5. The van der Waals surface area contributed by atoms with Gasteiger partial charge in [-0.1, -0.05) is 12.1 Å². The molecule has 0 aliphatic rings.